The maximum absolute atomic E-state index is 13.2. The van der Waals surface area contributed by atoms with E-state index in [2.05, 4.69) is 16.1 Å². The molecule has 1 saturated heterocycles. The first kappa shape index (κ1) is 19.3. The fraction of sp³-hybridized carbons (Fsp3) is 0.240. The number of aryl methyl sites for hydroxylation is 1. The van der Waals surface area contributed by atoms with E-state index < -0.39 is 5.60 Å². The van der Waals surface area contributed by atoms with Crippen LogP contribution in [0.4, 0.5) is 0 Å². The lowest BCUT2D eigenvalue weighted by molar-refractivity contribution is -0.00157. The highest BCUT2D eigenvalue weighted by molar-refractivity contribution is 7.17. The molecule has 0 radical (unpaired) electrons. The summed E-state index contributed by atoms with van der Waals surface area (Å²) in [5.41, 5.74) is 3.77. The number of thiophene rings is 1. The van der Waals surface area contributed by atoms with Crippen molar-refractivity contribution >= 4 is 17.2 Å². The summed E-state index contributed by atoms with van der Waals surface area (Å²) in [5, 5.41) is 4.53. The quantitative estimate of drug-likeness (QED) is 0.450. The summed E-state index contributed by atoms with van der Waals surface area (Å²) in [5.74, 6) is 0.969. The Morgan fingerprint density at radius 2 is 1.88 bits per heavy atom. The molecule has 1 spiro atoms. The summed E-state index contributed by atoms with van der Waals surface area (Å²) < 4.78 is 8.53. The lowest BCUT2D eigenvalue weighted by atomic mass is 9.81. The van der Waals surface area contributed by atoms with Crippen molar-refractivity contribution in [2.45, 2.75) is 18.4 Å². The van der Waals surface area contributed by atoms with Gasteiger partial charge in [0.05, 0.1) is 27.3 Å². The normalized spacial score (nSPS) is 16.3. The molecule has 32 heavy (non-hydrogen) atoms. The van der Waals surface area contributed by atoms with Crippen LogP contribution in [0.25, 0.3) is 21.8 Å². The lowest BCUT2D eigenvalue weighted by Gasteiger charge is -2.44. The molecule has 1 aromatic carbocycles. The fourth-order valence-corrected chi connectivity index (χ4v) is 5.76. The first-order valence-corrected chi connectivity index (χ1v) is 11.6. The molecular weight excluding hydrogens is 420 g/mol. The third-order valence-corrected chi connectivity index (χ3v) is 7.57. The number of hydrogen-bond acceptors (Lipinski definition) is 5. The van der Waals surface area contributed by atoms with Gasteiger partial charge in [-0.2, -0.15) is 5.10 Å². The van der Waals surface area contributed by atoms with Crippen LogP contribution in [0.1, 0.15) is 28.1 Å². The van der Waals surface area contributed by atoms with E-state index in [1.54, 1.807) is 6.20 Å². The molecule has 0 saturated carbocycles. The van der Waals surface area contributed by atoms with Crippen molar-refractivity contribution in [1.82, 2.24) is 19.7 Å². The van der Waals surface area contributed by atoms with E-state index in [-0.39, 0.29) is 5.91 Å². The molecule has 0 N–H and O–H groups in total. The Bertz CT molecular complexity index is 1300. The second-order valence-electron chi connectivity index (χ2n) is 8.29. The number of fused-ring (bicyclic) bond motifs is 4. The minimum atomic E-state index is -0.441. The number of likely N-dealkylation sites (tertiary alicyclic amines) is 1. The number of para-hydroxylation sites is 1. The van der Waals surface area contributed by atoms with Crippen LogP contribution in [0.15, 0.2) is 67.0 Å². The Balaban J connectivity index is 1.24. The number of hydrogen-bond donors (Lipinski definition) is 0. The number of carbonyl (C=O) groups excluding carboxylic acids is 1. The van der Waals surface area contributed by atoms with Crippen LogP contribution in [0, 0.1) is 0 Å². The highest BCUT2D eigenvalue weighted by Crippen LogP contribution is 2.49. The predicted molar refractivity (Wildman–Crippen MR) is 124 cm³/mol. The highest BCUT2D eigenvalue weighted by atomic mass is 32.1. The Morgan fingerprint density at radius 1 is 1.06 bits per heavy atom. The molecule has 2 aliphatic heterocycles. The monoisotopic (exact) mass is 442 g/mol. The number of amides is 1. The van der Waals surface area contributed by atoms with Gasteiger partial charge in [-0.3, -0.25) is 14.5 Å². The first-order chi connectivity index (χ1) is 15.6. The second kappa shape index (κ2) is 7.31. The number of piperidine rings is 1. The van der Waals surface area contributed by atoms with E-state index in [9.17, 15) is 4.79 Å². The lowest BCUT2D eigenvalue weighted by Crippen LogP contribution is -2.48. The van der Waals surface area contributed by atoms with Gasteiger partial charge >= 0.3 is 0 Å². The molecule has 7 heteroatoms. The molecule has 6 nitrogen and oxygen atoms in total. The third-order valence-electron chi connectivity index (χ3n) is 6.47. The molecule has 1 amide bonds. The molecule has 0 bridgehead atoms. The Kier molecular flexibility index (Phi) is 4.40. The van der Waals surface area contributed by atoms with Crippen LogP contribution >= 0.6 is 11.3 Å². The van der Waals surface area contributed by atoms with Crippen molar-refractivity contribution < 1.29 is 9.53 Å². The van der Waals surface area contributed by atoms with Gasteiger partial charge in [0, 0.05) is 50.3 Å². The summed E-state index contributed by atoms with van der Waals surface area (Å²) in [6.45, 7) is 1.29. The van der Waals surface area contributed by atoms with Gasteiger partial charge in [-0.05, 0) is 36.4 Å². The number of ether oxygens (including phenoxy) is 1. The molecule has 1 fully saturated rings. The number of pyridine rings is 1. The van der Waals surface area contributed by atoms with Crippen LogP contribution in [-0.2, 0) is 12.6 Å². The third kappa shape index (κ3) is 2.96. The number of nitrogens with zero attached hydrogens (tertiary/aromatic N) is 4. The number of rotatable bonds is 2. The summed E-state index contributed by atoms with van der Waals surface area (Å²) >= 11 is 1.50. The molecule has 0 unspecified atom stereocenters. The van der Waals surface area contributed by atoms with Crippen LogP contribution in [0.3, 0.4) is 0 Å². The average Bonchev–Trinajstić information content (AvgIpc) is 3.48. The average molecular weight is 443 g/mol. The van der Waals surface area contributed by atoms with Gasteiger partial charge in [-0.15, -0.1) is 11.3 Å². The van der Waals surface area contributed by atoms with Crippen molar-refractivity contribution in [2.75, 3.05) is 13.1 Å². The van der Waals surface area contributed by atoms with Gasteiger partial charge in [0.1, 0.15) is 11.4 Å². The van der Waals surface area contributed by atoms with E-state index in [1.807, 2.05) is 71.4 Å². The molecule has 0 aliphatic carbocycles. The van der Waals surface area contributed by atoms with Crippen molar-refractivity contribution in [1.29, 1.82) is 0 Å². The zero-order valence-electron chi connectivity index (χ0n) is 17.7. The minimum absolute atomic E-state index is 0.0784. The van der Waals surface area contributed by atoms with E-state index in [0.29, 0.717) is 13.1 Å². The van der Waals surface area contributed by atoms with Crippen molar-refractivity contribution in [3.05, 3.63) is 77.4 Å². The smallest absolute Gasteiger partial charge is 0.263 e. The minimum Gasteiger partial charge on any atom is -0.482 e. The highest BCUT2D eigenvalue weighted by Gasteiger charge is 2.45. The molecule has 4 aromatic rings. The zero-order valence-corrected chi connectivity index (χ0v) is 18.5. The van der Waals surface area contributed by atoms with Gasteiger partial charge in [0.2, 0.25) is 0 Å². The van der Waals surface area contributed by atoms with E-state index in [4.69, 9.17) is 4.74 Å². The summed E-state index contributed by atoms with van der Waals surface area (Å²) in [6.07, 6.45) is 5.19. The van der Waals surface area contributed by atoms with Gasteiger partial charge in [-0.25, -0.2) is 0 Å². The SMILES string of the molecule is Cn1ncc2c1-c1ccccc1OC21CCN(C(=O)c2ccc(-c3ccccn3)s2)CC1. The van der Waals surface area contributed by atoms with Crippen molar-refractivity contribution in [2.24, 2.45) is 7.05 Å². The maximum atomic E-state index is 13.2. The van der Waals surface area contributed by atoms with Gasteiger partial charge in [0.25, 0.3) is 5.91 Å². The van der Waals surface area contributed by atoms with Crippen LogP contribution in [0.2, 0.25) is 0 Å². The Morgan fingerprint density at radius 3 is 2.69 bits per heavy atom. The van der Waals surface area contributed by atoms with E-state index in [1.165, 1.54) is 11.3 Å². The molecule has 2 aliphatic rings. The van der Waals surface area contributed by atoms with Gasteiger partial charge in [-0.1, -0.05) is 18.2 Å². The van der Waals surface area contributed by atoms with Gasteiger partial charge in [0.15, 0.2) is 0 Å². The number of carbonyl (C=O) groups is 1. The summed E-state index contributed by atoms with van der Waals surface area (Å²) in [4.78, 5) is 21.3. The molecule has 6 rings (SSSR count). The Labute approximate surface area is 190 Å². The summed E-state index contributed by atoms with van der Waals surface area (Å²) in [6, 6.07) is 17.8. The topological polar surface area (TPSA) is 60.2 Å². The Hall–Kier alpha value is -3.45. The largest absolute Gasteiger partial charge is 0.482 e. The maximum Gasteiger partial charge on any atom is 0.263 e. The van der Waals surface area contributed by atoms with Crippen molar-refractivity contribution in [3.63, 3.8) is 0 Å². The van der Waals surface area contributed by atoms with Crippen molar-refractivity contribution in [3.8, 4) is 27.6 Å². The molecule has 160 valence electrons. The predicted octanol–water partition coefficient (Wildman–Crippen LogP) is 4.73. The molecular formula is C25H22N4O2S. The van der Waals surface area contributed by atoms with Gasteiger partial charge < -0.3 is 9.64 Å². The second-order valence-corrected chi connectivity index (χ2v) is 9.38. The van der Waals surface area contributed by atoms with E-state index >= 15 is 0 Å². The molecule has 5 heterocycles. The molecule has 0 atom stereocenters. The van der Waals surface area contributed by atoms with Crippen LogP contribution < -0.4 is 4.74 Å². The standard InChI is InChI=1S/C25H22N4O2S/c1-28-23-17-6-2-3-8-20(17)31-25(18(23)16-27-28)11-14-29(15-12-25)24(30)22-10-9-21(32-22)19-7-4-5-13-26-19/h2-10,13,16H,11-12,14-15H2,1H3. The first-order valence-electron chi connectivity index (χ1n) is 10.8. The van der Waals surface area contributed by atoms with Crippen LogP contribution in [-0.4, -0.2) is 38.7 Å². The number of aromatic nitrogens is 3. The fourth-order valence-electron chi connectivity index (χ4n) is 4.80. The van der Waals surface area contributed by atoms with E-state index in [0.717, 1.165) is 50.9 Å². The number of benzene rings is 1. The zero-order chi connectivity index (χ0) is 21.7. The summed E-state index contributed by atoms with van der Waals surface area (Å²) in [7, 11) is 1.98. The van der Waals surface area contributed by atoms with Crippen LogP contribution in [0.5, 0.6) is 5.75 Å². The molecule has 3 aromatic heterocycles.